The van der Waals surface area contributed by atoms with Gasteiger partial charge in [-0.15, -0.1) is 0 Å². The molecule has 1 saturated heterocycles. The van der Waals surface area contributed by atoms with Crippen LogP contribution in [0.5, 0.6) is 0 Å². The molecule has 0 aliphatic carbocycles. The highest BCUT2D eigenvalue weighted by atomic mass is 35.5. The number of halogens is 1. The van der Waals surface area contributed by atoms with Crippen LogP contribution in [-0.2, 0) is 18.9 Å². The van der Waals surface area contributed by atoms with Crippen LogP contribution < -0.4 is 0 Å². The molecule has 1 aliphatic rings. The highest BCUT2D eigenvalue weighted by Crippen LogP contribution is 2.40. The maximum Gasteiger partial charge on any atom is 0.338 e. The summed E-state index contributed by atoms with van der Waals surface area (Å²) in [5.74, 6) is -1.90. The van der Waals surface area contributed by atoms with Gasteiger partial charge in [0, 0.05) is 0 Å². The van der Waals surface area contributed by atoms with Crippen molar-refractivity contribution in [3.63, 3.8) is 0 Å². The lowest BCUT2D eigenvalue weighted by Crippen LogP contribution is -2.50. The van der Waals surface area contributed by atoms with Crippen LogP contribution in [0.2, 0.25) is 0 Å². The minimum atomic E-state index is -1.57. The van der Waals surface area contributed by atoms with Gasteiger partial charge in [0.05, 0.1) is 16.7 Å². The molecule has 0 spiro atoms. The first-order valence-corrected chi connectivity index (χ1v) is 11.4. The van der Waals surface area contributed by atoms with Crippen LogP contribution in [0.15, 0.2) is 91.0 Å². The summed E-state index contributed by atoms with van der Waals surface area (Å²) in [6.45, 7) is 1.25. The average molecular weight is 495 g/mol. The zero-order valence-electron chi connectivity index (χ0n) is 18.8. The van der Waals surface area contributed by atoms with E-state index in [1.807, 2.05) is 0 Å². The zero-order valence-corrected chi connectivity index (χ0v) is 19.6. The second-order valence-corrected chi connectivity index (χ2v) is 8.48. The average Bonchev–Trinajstić information content (AvgIpc) is 3.12. The Morgan fingerprint density at radius 2 is 1.23 bits per heavy atom. The van der Waals surface area contributed by atoms with Crippen molar-refractivity contribution in [2.75, 3.05) is 6.61 Å². The summed E-state index contributed by atoms with van der Waals surface area (Å²) < 4.78 is 22.7. The van der Waals surface area contributed by atoms with E-state index in [1.54, 1.807) is 91.0 Å². The van der Waals surface area contributed by atoms with Gasteiger partial charge < -0.3 is 18.9 Å². The Morgan fingerprint density at radius 3 is 1.74 bits per heavy atom. The van der Waals surface area contributed by atoms with E-state index in [0.29, 0.717) is 16.7 Å². The topological polar surface area (TPSA) is 88.1 Å². The molecule has 3 aromatic carbocycles. The number of hydrogen-bond acceptors (Lipinski definition) is 7. The van der Waals surface area contributed by atoms with Crippen LogP contribution in [-0.4, -0.2) is 47.9 Å². The van der Waals surface area contributed by atoms with Gasteiger partial charge in [-0.3, -0.25) is 0 Å². The number of rotatable bonds is 7. The second kappa shape index (κ2) is 10.7. The highest BCUT2D eigenvalue weighted by Gasteiger charge is 2.59. The third-order valence-corrected chi connectivity index (χ3v) is 6.14. The van der Waals surface area contributed by atoms with Gasteiger partial charge in [0.2, 0.25) is 0 Å². The Balaban J connectivity index is 1.56. The molecule has 3 aromatic rings. The molecule has 4 atom stereocenters. The Bertz CT molecular complexity index is 1170. The molecule has 0 bridgehead atoms. The van der Waals surface area contributed by atoms with Crippen molar-refractivity contribution >= 4 is 29.5 Å². The van der Waals surface area contributed by atoms with Crippen LogP contribution >= 0.6 is 11.6 Å². The highest BCUT2D eigenvalue weighted by molar-refractivity contribution is 6.20. The van der Waals surface area contributed by atoms with E-state index in [1.165, 1.54) is 6.92 Å². The summed E-state index contributed by atoms with van der Waals surface area (Å²) in [5.41, 5.74) is -1.80. The summed E-state index contributed by atoms with van der Waals surface area (Å²) in [4.78, 5) is 38.2. The van der Waals surface area contributed by atoms with Gasteiger partial charge in [0.25, 0.3) is 0 Å². The smallest absolute Gasteiger partial charge is 0.338 e. The van der Waals surface area contributed by atoms with E-state index in [9.17, 15) is 14.4 Å². The number of benzene rings is 3. The largest absolute Gasteiger partial charge is 0.459 e. The van der Waals surface area contributed by atoms with E-state index in [2.05, 4.69) is 0 Å². The second-order valence-electron chi connectivity index (χ2n) is 8.09. The number of carbonyl (C=O) groups is 3. The van der Waals surface area contributed by atoms with Crippen molar-refractivity contribution in [2.24, 2.45) is 0 Å². The maximum atomic E-state index is 12.9. The van der Waals surface area contributed by atoms with Crippen LogP contribution in [0.4, 0.5) is 0 Å². The molecular weight excluding hydrogens is 472 g/mol. The molecule has 0 radical (unpaired) electrons. The van der Waals surface area contributed by atoms with Gasteiger partial charge >= 0.3 is 17.9 Å². The summed E-state index contributed by atoms with van der Waals surface area (Å²) in [5, 5.41) is 0. The molecule has 35 heavy (non-hydrogen) atoms. The summed E-state index contributed by atoms with van der Waals surface area (Å²) >= 11 is 6.47. The van der Waals surface area contributed by atoms with Crippen molar-refractivity contribution in [3.05, 3.63) is 108 Å². The molecule has 0 amide bonds. The van der Waals surface area contributed by atoms with Crippen LogP contribution in [0.3, 0.4) is 0 Å². The van der Waals surface area contributed by atoms with E-state index in [4.69, 9.17) is 30.5 Å². The minimum absolute atomic E-state index is 0.276. The van der Waals surface area contributed by atoms with Crippen molar-refractivity contribution in [2.45, 2.75) is 30.3 Å². The molecule has 0 unspecified atom stereocenters. The summed E-state index contributed by atoms with van der Waals surface area (Å²) in [7, 11) is 0. The molecule has 0 aromatic heterocycles. The molecule has 4 rings (SSSR count). The molecule has 8 heteroatoms. The van der Waals surface area contributed by atoms with Gasteiger partial charge in [0.1, 0.15) is 12.7 Å². The first kappa shape index (κ1) is 24.4. The standard InChI is InChI=1S/C27H23ClO7/c1-27(35-25(31)20-15-9-4-10-16-20)22(34-24(30)19-13-7-3-8-14-19)21(33-26(27)28)17-32-23(29)18-11-5-2-6-12-18/h2-16,21-22,26H,17H2,1H3/t21-,22-,26-,27-/m1/s1. The lowest BCUT2D eigenvalue weighted by atomic mass is 9.97. The predicted octanol–water partition coefficient (Wildman–Crippen LogP) is 4.65. The van der Waals surface area contributed by atoms with Crippen molar-refractivity contribution in [3.8, 4) is 0 Å². The third-order valence-electron chi connectivity index (χ3n) is 5.60. The minimum Gasteiger partial charge on any atom is -0.459 e. The summed E-state index contributed by atoms with van der Waals surface area (Å²) in [6, 6.07) is 25.1. The van der Waals surface area contributed by atoms with Crippen LogP contribution in [0.25, 0.3) is 0 Å². The normalized spacial score (nSPS) is 23.3. The Labute approximate surface area is 207 Å². The Morgan fingerprint density at radius 1 is 0.771 bits per heavy atom. The van der Waals surface area contributed by atoms with Crippen LogP contribution in [0, 0.1) is 0 Å². The lowest BCUT2D eigenvalue weighted by molar-refractivity contribution is -0.0782. The van der Waals surface area contributed by atoms with E-state index in [0.717, 1.165) is 0 Å². The number of ether oxygens (including phenoxy) is 4. The van der Waals surface area contributed by atoms with Gasteiger partial charge in [-0.25, -0.2) is 14.4 Å². The predicted molar refractivity (Wildman–Crippen MR) is 127 cm³/mol. The monoisotopic (exact) mass is 494 g/mol. The van der Waals surface area contributed by atoms with Crippen molar-refractivity contribution < 1.29 is 33.3 Å². The fourth-order valence-electron chi connectivity index (χ4n) is 3.69. The van der Waals surface area contributed by atoms with Gasteiger partial charge in [-0.2, -0.15) is 0 Å². The van der Waals surface area contributed by atoms with E-state index >= 15 is 0 Å². The molecular formula is C27H23ClO7. The maximum absolute atomic E-state index is 12.9. The molecule has 1 aliphatic heterocycles. The zero-order chi connectivity index (χ0) is 24.8. The summed E-state index contributed by atoms with van der Waals surface area (Å²) in [6.07, 6.45) is -2.14. The van der Waals surface area contributed by atoms with E-state index in [-0.39, 0.29) is 6.61 Å². The fraction of sp³-hybridized carbons (Fsp3) is 0.222. The van der Waals surface area contributed by atoms with Gasteiger partial charge in [-0.05, 0) is 43.3 Å². The van der Waals surface area contributed by atoms with Crippen LogP contribution in [0.1, 0.15) is 38.0 Å². The first-order chi connectivity index (χ1) is 16.9. The molecule has 7 nitrogen and oxygen atoms in total. The lowest BCUT2D eigenvalue weighted by Gasteiger charge is -2.32. The quantitative estimate of drug-likeness (QED) is 0.268. The molecule has 1 heterocycles. The SMILES string of the molecule is C[C@]1(OC(=O)c2ccccc2)[C@H](Cl)O[C@H](COC(=O)c2ccccc2)[C@H]1OC(=O)c1ccccc1. The Kier molecular flexibility index (Phi) is 7.48. The third kappa shape index (κ3) is 5.53. The number of alkyl halides is 1. The number of hydrogen-bond donors (Lipinski definition) is 0. The molecule has 0 saturated carbocycles. The number of carbonyl (C=O) groups excluding carboxylic acids is 3. The molecule has 180 valence electrons. The van der Waals surface area contributed by atoms with E-state index < -0.39 is 41.3 Å². The van der Waals surface area contributed by atoms with Crippen molar-refractivity contribution in [1.29, 1.82) is 0 Å². The van der Waals surface area contributed by atoms with Crippen molar-refractivity contribution in [1.82, 2.24) is 0 Å². The fourth-order valence-corrected chi connectivity index (χ4v) is 3.99. The first-order valence-electron chi connectivity index (χ1n) is 10.9. The van der Waals surface area contributed by atoms with Gasteiger partial charge in [-0.1, -0.05) is 66.2 Å². The van der Waals surface area contributed by atoms with Gasteiger partial charge in [0.15, 0.2) is 17.3 Å². The number of esters is 3. The molecule has 1 fully saturated rings. The Hall–Kier alpha value is -3.68. The molecule has 0 N–H and O–H groups in total.